The highest BCUT2D eigenvalue weighted by atomic mass is 32.1. The molecule has 1 N–H and O–H groups in total. The zero-order valence-corrected chi connectivity index (χ0v) is 15.0. The third kappa shape index (κ3) is 3.04. The fourth-order valence-corrected chi connectivity index (χ4v) is 3.60. The van der Waals surface area contributed by atoms with Crippen LogP contribution < -0.4 is 0 Å². The molecular formula is C18H17N5O2S. The minimum Gasteiger partial charge on any atom is -0.492 e. The molecular weight excluding hydrogens is 350 g/mol. The zero-order chi connectivity index (χ0) is 17.9. The van der Waals surface area contributed by atoms with E-state index in [1.807, 2.05) is 41.3 Å². The largest absolute Gasteiger partial charge is 0.492 e. The van der Waals surface area contributed by atoms with Crippen molar-refractivity contribution in [3.63, 3.8) is 0 Å². The molecule has 0 aliphatic heterocycles. The summed E-state index contributed by atoms with van der Waals surface area (Å²) in [4.78, 5) is 17.7. The van der Waals surface area contributed by atoms with Crippen molar-refractivity contribution in [3.05, 3.63) is 42.2 Å². The maximum Gasteiger partial charge on any atom is 0.233 e. The first kappa shape index (κ1) is 16.6. The van der Waals surface area contributed by atoms with E-state index < -0.39 is 0 Å². The van der Waals surface area contributed by atoms with E-state index in [2.05, 4.69) is 19.9 Å². The summed E-state index contributed by atoms with van der Waals surface area (Å²) in [6.45, 7) is 3.84. The number of imidazole rings is 1. The Morgan fingerprint density at radius 2 is 2.12 bits per heavy atom. The van der Waals surface area contributed by atoms with Crippen molar-refractivity contribution in [2.45, 2.75) is 13.5 Å². The van der Waals surface area contributed by atoms with E-state index in [0.717, 1.165) is 11.3 Å². The van der Waals surface area contributed by atoms with E-state index in [9.17, 15) is 5.11 Å². The standard InChI is InChI=1S/C18H17N5O2S/c1-2-25-10-9-23-8-7-20-17(23)16-21-14-12(13-5-3-4-6-19-13)11-26-15(14)18(24)22-16/h3-8,11H,2,9-10H2,1H3,(H,21,22,24). The smallest absolute Gasteiger partial charge is 0.233 e. The van der Waals surface area contributed by atoms with Gasteiger partial charge >= 0.3 is 0 Å². The van der Waals surface area contributed by atoms with Crippen LogP contribution in [0.5, 0.6) is 5.88 Å². The summed E-state index contributed by atoms with van der Waals surface area (Å²) < 4.78 is 7.97. The Hall–Kier alpha value is -2.84. The quantitative estimate of drug-likeness (QED) is 0.526. The molecule has 0 unspecified atom stereocenters. The van der Waals surface area contributed by atoms with Crippen LogP contribution in [0.2, 0.25) is 0 Å². The number of thiophene rings is 1. The average molecular weight is 367 g/mol. The summed E-state index contributed by atoms with van der Waals surface area (Å²) in [5.74, 6) is 0.934. The molecule has 4 aromatic rings. The van der Waals surface area contributed by atoms with E-state index in [4.69, 9.17) is 4.74 Å². The van der Waals surface area contributed by atoms with Gasteiger partial charge in [-0.05, 0) is 19.1 Å². The van der Waals surface area contributed by atoms with Crippen LogP contribution in [0.1, 0.15) is 6.92 Å². The highest BCUT2D eigenvalue weighted by molar-refractivity contribution is 7.18. The van der Waals surface area contributed by atoms with Crippen LogP contribution in [0.25, 0.3) is 33.1 Å². The molecule has 0 aliphatic carbocycles. The monoisotopic (exact) mass is 367 g/mol. The van der Waals surface area contributed by atoms with Gasteiger partial charge < -0.3 is 14.4 Å². The van der Waals surface area contributed by atoms with Crippen molar-refractivity contribution in [2.75, 3.05) is 13.2 Å². The second kappa shape index (κ2) is 7.19. The first-order valence-corrected chi connectivity index (χ1v) is 9.14. The summed E-state index contributed by atoms with van der Waals surface area (Å²) in [5, 5.41) is 12.3. The number of aromatic hydroxyl groups is 1. The van der Waals surface area contributed by atoms with Gasteiger partial charge in [0.15, 0.2) is 11.6 Å². The van der Waals surface area contributed by atoms with Crippen molar-refractivity contribution >= 4 is 21.6 Å². The van der Waals surface area contributed by atoms with Gasteiger partial charge in [-0.2, -0.15) is 4.98 Å². The van der Waals surface area contributed by atoms with Crippen molar-refractivity contribution in [3.8, 4) is 28.8 Å². The highest BCUT2D eigenvalue weighted by Crippen LogP contribution is 2.36. The molecule has 8 heteroatoms. The molecule has 26 heavy (non-hydrogen) atoms. The molecule has 0 atom stereocenters. The Labute approximate surface area is 154 Å². The first-order chi connectivity index (χ1) is 12.8. The number of fused-ring (bicyclic) bond motifs is 1. The maximum absolute atomic E-state index is 10.4. The normalized spacial score (nSPS) is 11.3. The Kier molecular flexibility index (Phi) is 4.59. The summed E-state index contributed by atoms with van der Waals surface area (Å²) >= 11 is 1.40. The van der Waals surface area contributed by atoms with Gasteiger partial charge in [-0.1, -0.05) is 6.07 Å². The molecule has 0 aromatic carbocycles. The molecule has 0 bridgehead atoms. The third-order valence-electron chi connectivity index (χ3n) is 3.93. The zero-order valence-electron chi connectivity index (χ0n) is 14.2. The summed E-state index contributed by atoms with van der Waals surface area (Å²) in [6, 6.07) is 5.71. The van der Waals surface area contributed by atoms with Gasteiger partial charge in [0.1, 0.15) is 4.70 Å². The van der Waals surface area contributed by atoms with Crippen LogP contribution in [0.15, 0.2) is 42.2 Å². The summed E-state index contributed by atoms with van der Waals surface area (Å²) in [7, 11) is 0. The van der Waals surface area contributed by atoms with Gasteiger partial charge in [0, 0.05) is 42.7 Å². The summed E-state index contributed by atoms with van der Waals surface area (Å²) in [5.41, 5.74) is 2.36. The fourth-order valence-electron chi connectivity index (χ4n) is 2.71. The van der Waals surface area contributed by atoms with Gasteiger partial charge in [-0.15, -0.1) is 11.3 Å². The Morgan fingerprint density at radius 1 is 1.19 bits per heavy atom. The number of nitrogens with zero attached hydrogens (tertiary/aromatic N) is 5. The minimum atomic E-state index is -0.0449. The average Bonchev–Trinajstić information content (AvgIpc) is 3.30. The predicted molar refractivity (Wildman–Crippen MR) is 100 cm³/mol. The van der Waals surface area contributed by atoms with E-state index in [1.54, 1.807) is 12.4 Å². The number of aromatic nitrogens is 5. The molecule has 4 aromatic heterocycles. The second-order valence-corrected chi connectivity index (χ2v) is 6.43. The van der Waals surface area contributed by atoms with Crippen LogP contribution in [0.3, 0.4) is 0 Å². The molecule has 7 nitrogen and oxygen atoms in total. The SMILES string of the molecule is CCOCCn1ccnc1-c1nc(O)c2scc(-c3ccccn3)c2n1. The third-order valence-corrected chi connectivity index (χ3v) is 4.90. The Balaban J connectivity index is 1.79. The van der Waals surface area contributed by atoms with E-state index in [-0.39, 0.29) is 5.88 Å². The maximum atomic E-state index is 10.4. The Morgan fingerprint density at radius 3 is 2.92 bits per heavy atom. The second-order valence-electron chi connectivity index (χ2n) is 5.55. The van der Waals surface area contributed by atoms with E-state index >= 15 is 0 Å². The van der Waals surface area contributed by atoms with Gasteiger partial charge in [0.2, 0.25) is 5.88 Å². The first-order valence-electron chi connectivity index (χ1n) is 8.26. The lowest BCUT2D eigenvalue weighted by molar-refractivity contribution is 0.139. The topological polar surface area (TPSA) is 86.0 Å². The molecule has 0 saturated carbocycles. The number of ether oxygens (including phenoxy) is 1. The van der Waals surface area contributed by atoms with Gasteiger partial charge in [-0.3, -0.25) is 4.98 Å². The lowest BCUT2D eigenvalue weighted by Gasteiger charge is -2.08. The molecule has 4 heterocycles. The predicted octanol–water partition coefficient (Wildman–Crippen LogP) is 3.36. The van der Waals surface area contributed by atoms with Gasteiger partial charge in [0.25, 0.3) is 0 Å². The molecule has 0 radical (unpaired) electrons. The van der Waals surface area contributed by atoms with Crippen LogP contribution in [0, 0.1) is 0 Å². The van der Waals surface area contributed by atoms with Gasteiger partial charge in [0.05, 0.1) is 17.8 Å². The van der Waals surface area contributed by atoms with Crippen molar-refractivity contribution in [1.29, 1.82) is 0 Å². The molecule has 0 fully saturated rings. The molecule has 132 valence electrons. The lowest BCUT2D eigenvalue weighted by atomic mass is 10.2. The van der Waals surface area contributed by atoms with Crippen molar-refractivity contribution in [2.24, 2.45) is 0 Å². The summed E-state index contributed by atoms with van der Waals surface area (Å²) in [6.07, 6.45) is 5.28. The minimum absolute atomic E-state index is 0.0449. The van der Waals surface area contributed by atoms with Gasteiger partial charge in [-0.25, -0.2) is 9.97 Å². The van der Waals surface area contributed by atoms with Crippen molar-refractivity contribution in [1.82, 2.24) is 24.5 Å². The molecule has 0 spiro atoms. The van der Waals surface area contributed by atoms with Crippen LogP contribution in [0.4, 0.5) is 0 Å². The van der Waals surface area contributed by atoms with E-state index in [1.165, 1.54) is 11.3 Å². The van der Waals surface area contributed by atoms with Crippen molar-refractivity contribution < 1.29 is 9.84 Å². The number of pyridine rings is 1. The van der Waals surface area contributed by atoms with Crippen LogP contribution >= 0.6 is 11.3 Å². The Bertz CT molecular complexity index is 1030. The number of hydrogen-bond donors (Lipinski definition) is 1. The molecule has 0 saturated heterocycles. The van der Waals surface area contributed by atoms with Crippen LogP contribution in [-0.4, -0.2) is 42.8 Å². The fraction of sp³-hybridized carbons (Fsp3) is 0.222. The molecule has 0 aliphatic rings. The molecule has 4 rings (SSSR count). The lowest BCUT2D eigenvalue weighted by Crippen LogP contribution is -2.07. The highest BCUT2D eigenvalue weighted by Gasteiger charge is 2.18. The van der Waals surface area contributed by atoms with Crippen LogP contribution in [-0.2, 0) is 11.3 Å². The number of hydrogen-bond acceptors (Lipinski definition) is 7. The number of rotatable bonds is 6. The molecule has 0 amide bonds. The van der Waals surface area contributed by atoms with E-state index in [0.29, 0.717) is 41.6 Å².